The minimum Gasteiger partial charge on any atom is -0.388 e. The standard InChI is InChI=1S/C26H48N2O6/c1-19(2)15-22-16-27(20(3)29)17-24(33-4)26(32)23(30)18-34-14-8-7-13-28(22)25(31)12-11-21-9-5-6-10-21/h19,21-24,26,30,32H,5-18H2,1-4H3/t22-,23+,24+,26+/m0/s1. The molecule has 1 saturated carbocycles. The number of aliphatic hydroxyl groups excluding tert-OH is 2. The van der Waals surface area contributed by atoms with E-state index in [1.165, 1.54) is 39.7 Å². The van der Waals surface area contributed by atoms with Gasteiger partial charge in [-0.3, -0.25) is 9.59 Å². The molecule has 0 bridgehead atoms. The van der Waals surface area contributed by atoms with Crippen molar-refractivity contribution in [3.63, 3.8) is 0 Å². The van der Waals surface area contributed by atoms with E-state index in [2.05, 4.69) is 13.8 Å². The van der Waals surface area contributed by atoms with Gasteiger partial charge >= 0.3 is 0 Å². The van der Waals surface area contributed by atoms with Crippen molar-refractivity contribution in [1.29, 1.82) is 0 Å². The Kier molecular flexibility index (Phi) is 12.8. The van der Waals surface area contributed by atoms with Crippen molar-refractivity contribution >= 4 is 11.8 Å². The number of hydrogen-bond acceptors (Lipinski definition) is 6. The number of carbonyl (C=O) groups is 2. The molecule has 2 fully saturated rings. The molecular formula is C26H48N2O6. The Morgan fingerprint density at radius 2 is 1.79 bits per heavy atom. The number of nitrogens with zero attached hydrogens (tertiary/aromatic N) is 2. The van der Waals surface area contributed by atoms with Gasteiger partial charge in [0.2, 0.25) is 11.8 Å². The van der Waals surface area contributed by atoms with Gasteiger partial charge in [-0.2, -0.15) is 0 Å². The second-order valence-corrected chi connectivity index (χ2v) is 10.6. The summed E-state index contributed by atoms with van der Waals surface area (Å²) in [5.41, 5.74) is 0. The van der Waals surface area contributed by atoms with E-state index >= 15 is 0 Å². The van der Waals surface area contributed by atoms with Gasteiger partial charge in [-0.1, -0.05) is 39.5 Å². The van der Waals surface area contributed by atoms with E-state index in [1.807, 2.05) is 4.90 Å². The molecule has 0 spiro atoms. The third-order valence-electron chi connectivity index (χ3n) is 7.33. The van der Waals surface area contributed by atoms with Crippen LogP contribution in [0.1, 0.15) is 78.6 Å². The summed E-state index contributed by atoms with van der Waals surface area (Å²) in [5, 5.41) is 21.0. The van der Waals surface area contributed by atoms with Crippen LogP contribution in [0, 0.1) is 11.8 Å². The Balaban J connectivity index is 2.24. The second kappa shape index (κ2) is 15.0. The number of hydrogen-bond donors (Lipinski definition) is 2. The minimum atomic E-state index is -1.18. The third-order valence-corrected chi connectivity index (χ3v) is 7.33. The van der Waals surface area contributed by atoms with Crippen LogP contribution in [0.2, 0.25) is 0 Å². The zero-order valence-electron chi connectivity index (χ0n) is 21.8. The summed E-state index contributed by atoms with van der Waals surface area (Å²) < 4.78 is 11.0. The highest BCUT2D eigenvalue weighted by Crippen LogP contribution is 2.29. The van der Waals surface area contributed by atoms with Gasteiger partial charge in [0.15, 0.2) is 0 Å². The second-order valence-electron chi connectivity index (χ2n) is 10.6. The molecule has 198 valence electrons. The lowest BCUT2D eigenvalue weighted by Gasteiger charge is -2.38. The summed E-state index contributed by atoms with van der Waals surface area (Å²) in [6.45, 7) is 7.40. The molecule has 0 radical (unpaired) electrons. The summed E-state index contributed by atoms with van der Waals surface area (Å²) in [5.74, 6) is 1.05. The maximum atomic E-state index is 13.5. The van der Waals surface area contributed by atoms with Crippen LogP contribution in [0.4, 0.5) is 0 Å². The number of methoxy groups -OCH3 is 1. The van der Waals surface area contributed by atoms with E-state index < -0.39 is 18.3 Å². The Morgan fingerprint density at radius 3 is 2.41 bits per heavy atom. The maximum Gasteiger partial charge on any atom is 0.222 e. The largest absolute Gasteiger partial charge is 0.388 e. The fraction of sp³-hybridized carbons (Fsp3) is 0.923. The van der Waals surface area contributed by atoms with Crippen LogP contribution >= 0.6 is 0 Å². The minimum absolute atomic E-state index is 0.00110. The van der Waals surface area contributed by atoms with Crippen LogP contribution in [-0.4, -0.2) is 96.1 Å². The molecule has 2 amide bonds. The molecule has 2 rings (SSSR count). The quantitative estimate of drug-likeness (QED) is 0.601. The van der Waals surface area contributed by atoms with Crippen LogP contribution in [0.5, 0.6) is 0 Å². The van der Waals surface area contributed by atoms with Crippen molar-refractivity contribution < 1.29 is 29.3 Å². The molecule has 4 atom stereocenters. The Hall–Kier alpha value is -1.22. The van der Waals surface area contributed by atoms with Crippen molar-refractivity contribution in [1.82, 2.24) is 9.80 Å². The Labute approximate surface area is 206 Å². The van der Waals surface area contributed by atoms with E-state index in [4.69, 9.17) is 9.47 Å². The van der Waals surface area contributed by atoms with Crippen LogP contribution in [0.3, 0.4) is 0 Å². The first-order valence-electron chi connectivity index (χ1n) is 13.2. The average Bonchev–Trinajstić information content (AvgIpc) is 3.31. The molecule has 8 nitrogen and oxygen atoms in total. The van der Waals surface area contributed by atoms with E-state index in [0.29, 0.717) is 38.0 Å². The monoisotopic (exact) mass is 484 g/mol. The molecule has 0 aromatic heterocycles. The Morgan fingerprint density at radius 1 is 1.09 bits per heavy atom. The van der Waals surface area contributed by atoms with Crippen LogP contribution in [0.25, 0.3) is 0 Å². The maximum absolute atomic E-state index is 13.5. The lowest BCUT2D eigenvalue weighted by Crippen LogP contribution is -2.53. The Bertz CT molecular complexity index is 610. The molecular weight excluding hydrogens is 436 g/mol. The summed E-state index contributed by atoms with van der Waals surface area (Å²) in [6.07, 6.45) is 5.81. The number of carbonyl (C=O) groups excluding carboxylic acids is 2. The van der Waals surface area contributed by atoms with E-state index in [1.54, 1.807) is 4.90 Å². The SMILES string of the molecule is CO[C@@H]1CN(C(C)=O)C[C@H](CC(C)C)N(C(=O)CCC2CCCC2)CCCCOC[C@@H](O)[C@H]1O. The molecule has 1 saturated heterocycles. The van der Waals surface area contributed by atoms with Gasteiger partial charge in [-0.25, -0.2) is 0 Å². The smallest absolute Gasteiger partial charge is 0.222 e. The van der Waals surface area contributed by atoms with Crippen molar-refractivity contribution in [2.24, 2.45) is 11.8 Å². The normalized spacial score (nSPS) is 28.8. The number of rotatable bonds is 6. The highest BCUT2D eigenvalue weighted by Gasteiger charge is 2.33. The number of aliphatic hydroxyl groups is 2. The van der Waals surface area contributed by atoms with Crippen LogP contribution in [-0.2, 0) is 19.1 Å². The summed E-state index contributed by atoms with van der Waals surface area (Å²) >= 11 is 0. The lowest BCUT2D eigenvalue weighted by atomic mass is 9.98. The molecule has 2 N–H and O–H groups in total. The van der Waals surface area contributed by atoms with Crippen molar-refractivity contribution in [3.05, 3.63) is 0 Å². The first-order chi connectivity index (χ1) is 16.2. The summed E-state index contributed by atoms with van der Waals surface area (Å²) in [7, 11) is 1.47. The fourth-order valence-electron chi connectivity index (χ4n) is 5.29. The first-order valence-corrected chi connectivity index (χ1v) is 13.2. The molecule has 34 heavy (non-hydrogen) atoms. The highest BCUT2D eigenvalue weighted by molar-refractivity contribution is 5.77. The summed E-state index contributed by atoms with van der Waals surface area (Å²) in [4.78, 5) is 29.7. The van der Waals surface area contributed by atoms with E-state index in [0.717, 1.165) is 25.7 Å². The number of amides is 2. The molecule has 8 heteroatoms. The van der Waals surface area contributed by atoms with Crippen LogP contribution < -0.4 is 0 Å². The number of ether oxygens (including phenoxy) is 2. The summed E-state index contributed by atoms with van der Waals surface area (Å²) in [6, 6.07) is -0.108. The van der Waals surface area contributed by atoms with Gasteiger partial charge < -0.3 is 29.5 Å². The molecule has 1 aliphatic heterocycles. The average molecular weight is 485 g/mol. The molecule has 0 unspecified atom stereocenters. The van der Waals surface area contributed by atoms with Gasteiger partial charge in [-0.05, 0) is 37.5 Å². The zero-order valence-corrected chi connectivity index (χ0v) is 21.8. The molecule has 0 aromatic carbocycles. The first kappa shape index (κ1) is 29.0. The van der Waals surface area contributed by atoms with E-state index in [9.17, 15) is 19.8 Å². The predicted octanol–water partition coefficient (Wildman–Crippen LogP) is 2.60. The van der Waals surface area contributed by atoms with Gasteiger partial charge in [0.25, 0.3) is 0 Å². The zero-order chi connectivity index (χ0) is 25.1. The van der Waals surface area contributed by atoms with Crippen molar-refractivity contribution in [2.75, 3.05) is 40.0 Å². The van der Waals surface area contributed by atoms with Gasteiger partial charge in [0.1, 0.15) is 18.3 Å². The van der Waals surface area contributed by atoms with Gasteiger partial charge in [-0.15, -0.1) is 0 Å². The lowest BCUT2D eigenvalue weighted by molar-refractivity contribution is -0.142. The van der Waals surface area contributed by atoms with Crippen molar-refractivity contribution in [2.45, 2.75) is 103 Å². The van der Waals surface area contributed by atoms with Crippen LogP contribution in [0.15, 0.2) is 0 Å². The highest BCUT2D eigenvalue weighted by atomic mass is 16.5. The molecule has 1 aliphatic carbocycles. The van der Waals surface area contributed by atoms with Gasteiger partial charge in [0, 0.05) is 52.7 Å². The third kappa shape index (κ3) is 9.44. The molecule has 1 heterocycles. The predicted molar refractivity (Wildman–Crippen MR) is 131 cm³/mol. The molecule has 2 aliphatic rings. The molecule has 0 aromatic rings. The topological polar surface area (TPSA) is 99.5 Å². The van der Waals surface area contributed by atoms with Crippen molar-refractivity contribution in [3.8, 4) is 0 Å². The van der Waals surface area contributed by atoms with Gasteiger partial charge in [0.05, 0.1) is 6.61 Å². The fourth-order valence-corrected chi connectivity index (χ4v) is 5.29. The van der Waals surface area contributed by atoms with E-state index in [-0.39, 0.29) is 31.0 Å².